The lowest BCUT2D eigenvalue weighted by atomic mass is 10.0. The Kier molecular flexibility index (Phi) is 4.63. The molecule has 0 aromatic heterocycles. The number of rotatable bonds is 6. The Labute approximate surface area is 144 Å². The van der Waals surface area contributed by atoms with Gasteiger partial charge in [0.1, 0.15) is 5.41 Å². The Balaban J connectivity index is 1.67. The maximum absolute atomic E-state index is 13.1. The van der Waals surface area contributed by atoms with Crippen LogP contribution in [0.1, 0.15) is 31.7 Å². The topological polar surface area (TPSA) is 52.7 Å². The normalized spacial score (nSPS) is 20.8. The van der Waals surface area contributed by atoms with Crippen molar-refractivity contribution in [1.82, 2.24) is 10.2 Å². The fourth-order valence-corrected chi connectivity index (χ4v) is 3.54. The predicted molar refractivity (Wildman–Crippen MR) is 94.9 cm³/mol. The number of carbonyl (C=O) groups is 2. The van der Waals surface area contributed by atoms with Gasteiger partial charge in [-0.2, -0.15) is 0 Å². The maximum atomic E-state index is 13.1. The van der Waals surface area contributed by atoms with Crippen LogP contribution in [0.25, 0.3) is 0 Å². The molecule has 3 rings (SSSR count). The molecule has 1 N–H and O–H groups in total. The zero-order valence-corrected chi connectivity index (χ0v) is 14.8. The molecule has 1 unspecified atom stereocenters. The SMILES string of the molecule is CC1Cc2ccccc2N1C(=O)C1(C(=O)NCCCN(C)C)CC1. The van der Waals surface area contributed by atoms with Gasteiger partial charge < -0.3 is 15.1 Å². The van der Waals surface area contributed by atoms with Gasteiger partial charge in [0, 0.05) is 18.3 Å². The van der Waals surface area contributed by atoms with Crippen molar-refractivity contribution in [1.29, 1.82) is 0 Å². The molecule has 0 radical (unpaired) electrons. The van der Waals surface area contributed by atoms with Crippen LogP contribution in [0.5, 0.6) is 0 Å². The van der Waals surface area contributed by atoms with E-state index in [4.69, 9.17) is 0 Å². The summed E-state index contributed by atoms with van der Waals surface area (Å²) in [4.78, 5) is 29.7. The number of carbonyl (C=O) groups excluding carboxylic acids is 2. The third-order valence-corrected chi connectivity index (χ3v) is 5.09. The second-order valence-corrected chi connectivity index (χ2v) is 7.35. The Morgan fingerprint density at radius 1 is 1.29 bits per heavy atom. The largest absolute Gasteiger partial charge is 0.355 e. The van der Waals surface area contributed by atoms with Gasteiger partial charge in [0.25, 0.3) is 0 Å². The molecule has 2 aliphatic rings. The molecule has 5 heteroatoms. The fourth-order valence-electron chi connectivity index (χ4n) is 3.54. The number of anilines is 1. The van der Waals surface area contributed by atoms with Gasteiger partial charge in [0.2, 0.25) is 11.8 Å². The number of para-hydroxylation sites is 1. The molecular formula is C19H27N3O2. The molecule has 1 saturated carbocycles. The summed E-state index contributed by atoms with van der Waals surface area (Å²) in [7, 11) is 4.03. The third-order valence-electron chi connectivity index (χ3n) is 5.09. The second-order valence-electron chi connectivity index (χ2n) is 7.35. The highest BCUT2D eigenvalue weighted by molar-refractivity contribution is 6.14. The van der Waals surface area contributed by atoms with Crippen molar-refractivity contribution in [2.75, 3.05) is 32.1 Å². The number of hydrogen-bond acceptors (Lipinski definition) is 3. The molecule has 0 saturated heterocycles. The zero-order valence-electron chi connectivity index (χ0n) is 14.8. The lowest BCUT2D eigenvalue weighted by molar-refractivity contribution is -0.135. The molecule has 1 aromatic rings. The number of hydrogen-bond donors (Lipinski definition) is 1. The van der Waals surface area contributed by atoms with E-state index in [1.165, 1.54) is 5.56 Å². The molecule has 1 aliphatic carbocycles. The minimum atomic E-state index is -0.830. The summed E-state index contributed by atoms with van der Waals surface area (Å²) < 4.78 is 0. The zero-order chi connectivity index (χ0) is 17.3. The first-order valence-corrected chi connectivity index (χ1v) is 8.80. The molecule has 1 fully saturated rings. The number of benzene rings is 1. The van der Waals surface area contributed by atoms with Crippen LogP contribution in [0.4, 0.5) is 5.69 Å². The van der Waals surface area contributed by atoms with Crippen LogP contribution in [0.2, 0.25) is 0 Å². The fraction of sp³-hybridized carbons (Fsp3) is 0.579. The van der Waals surface area contributed by atoms with Crippen molar-refractivity contribution < 1.29 is 9.59 Å². The number of fused-ring (bicyclic) bond motifs is 1. The summed E-state index contributed by atoms with van der Waals surface area (Å²) in [5.41, 5.74) is 1.34. The van der Waals surface area contributed by atoms with E-state index in [9.17, 15) is 9.59 Å². The summed E-state index contributed by atoms with van der Waals surface area (Å²) in [5.74, 6) is -0.118. The van der Waals surface area contributed by atoms with E-state index in [0.717, 1.165) is 25.1 Å². The quantitative estimate of drug-likeness (QED) is 0.640. The molecule has 1 aliphatic heterocycles. The molecule has 1 atom stereocenters. The summed E-state index contributed by atoms with van der Waals surface area (Å²) in [6.45, 7) is 3.61. The van der Waals surface area contributed by atoms with Gasteiger partial charge >= 0.3 is 0 Å². The van der Waals surface area contributed by atoms with Gasteiger partial charge in [-0.3, -0.25) is 9.59 Å². The Morgan fingerprint density at radius 2 is 2.00 bits per heavy atom. The monoisotopic (exact) mass is 329 g/mol. The molecule has 1 aromatic carbocycles. The van der Waals surface area contributed by atoms with Crippen molar-refractivity contribution in [2.24, 2.45) is 5.41 Å². The third kappa shape index (κ3) is 3.05. The smallest absolute Gasteiger partial charge is 0.242 e. The number of nitrogens with one attached hydrogen (secondary N) is 1. The van der Waals surface area contributed by atoms with Crippen molar-refractivity contribution in [2.45, 2.75) is 38.6 Å². The minimum Gasteiger partial charge on any atom is -0.355 e. The van der Waals surface area contributed by atoms with E-state index in [-0.39, 0.29) is 17.9 Å². The number of nitrogens with zero attached hydrogens (tertiary/aromatic N) is 2. The molecular weight excluding hydrogens is 302 g/mol. The predicted octanol–water partition coefficient (Wildman–Crippen LogP) is 1.81. The van der Waals surface area contributed by atoms with Gasteiger partial charge in [0.15, 0.2) is 0 Å². The van der Waals surface area contributed by atoms with Gasteiger partial charge in [-0.1, -0.05) is 18.2 Å². The molecule has 0 spiro atoms. The Hall–Kier alpha value is -1.88. The average Bonchev–Trinajstić information content (AvgIpc) is 3.28. The van der Waals surface area contributed by atoms with Crippen molar-refractivity contribution in [3.05, 3.63) is 29.8 Å². The molecule has 0 bridgehead atoms. The molecule has 2 amide bonds. The number of amides is 2. The molecule has 130 valence electrons. The first kappa shape index (κ1) is 17.0. The maximum Gasteiger partial charge on any atom is 0.242 e. The van der Waals surface area contributed by atoms with E-state index in [2.05, 4.69) is 23.2 Å². The van der Waals surface area contributed by atoms with Crippen LogP contribution in [0.15, 0.2) is 24.3 Å². The van der Waals surface area contributed by atoms with Crippen molar-refractivity contribution in [3.63, 3.8) is 0 Å². The van der Waals surface area contributed by atoms with Crippen LogP contribution >= 0.6 is 0 Å². The second kappa shape index (κ2) is 6.55. The summed E-state index contributed by atoms with van der Waals surface area (Å²) >= 11 is 0. The van der Waals surface area contributed by atoms with Crippen LogP contribution in [-0.2, 0) is 16.0 Å². The van der Waals surface area contributed by atoms with Crippen LogP contribution in [0, 0.1) is 5.41 Å². The first-order valence-electron chi connectivity index (χ1n) is 8.80. The van der Waals surface area contributed by atoms with Crippen LogP contribution < -0.4 is 10.2 Å². The highest BCUT2D eigenvalue weighted by atomic mass is 16.2. The van der Waals surface area contributed by atoms with Gasteiger partial charge in [-0.05, 0) is 64.9 Å². The lowest BCUT2D eigenvalue weighted by Crippen LogP contribution is -2.47. The highest BCUT2D eigenvalue weighted by Crippen LogP contribution is 2.49. The molecule has 1 heterocycles. The average molecular weight is 329 g/mol. The van der Waals surface area contributed by atoms with Crippen LogP contribution in [-0.4, -0.2) is 49.9 Å². The van der Waals surface area contributed by atoms with Gasteiger partial charge in [-0.25, -0.2) is 0 Å². The molecule has 5 nitrogen and oxygen atoms in total. The summed E-state index contributed by atoms with van der Waals surface area (Å²) in [6, 6.07) is 8.14. The van der Waals surface area contributed by atoms with Gasteiger partial charge in [-0.15, -0.1) is 0 Å². The Bertz CT molecular complexity index is 637. The van der Waals surface area contributed by atoms with E-state index in [1.54, 1.807) is 0 Å². The van der Waals surface area contributed by atoms with Gasteiger partial charge in [0.05, 0.1) is 0 Å². The van der Waals surface area contributed by atoms with E-state index < -0.39 is 5.41 Å². The van der Waals surface area contributed by atoms with Crippen LogP contribution in [0.3, 0.4) is 0 Å². The molecule has 24 heavy (non-hydrogen) atoms. The summed E-state index contributed by atoms with van der Waals surface area (Å²) in [6.07, 6.45) is 3.09. The standard InChI is InChI=1S/C19H27N3O2/c1-14-13-15-7-4-5-8-16(15)22(14)18(24)19(9-10-19)17(23)20-11-6-12-21(2)3/h4-5,7-8,14H,6,9-13H2,1-3H3,(H,20,23). The van der Waals surface area contributed by atoms with Crippen molar-refractivity contribution >= 4 is 17.5 Å². The van der Waals surface area contributed by atoms with E-state index >= 15 is 0 Å². The minimum absolute atomic E-state index is 0.0231. The first-order chi connectivity index (χ1) is 11.5. The van der Waals surface area contributed by atoms with E-state index in [1.807, 2.05) is 37.2 Å². The Morgan fingerprint density at radius 3 is 2.67 bits per heavy atom. The summed E-state index contributed by atoms with van der Waals surface area (Å²) in [5, 5.41) is 2.97. The highest BCUT2D eigenvalue weighted by Gasteiger charge is 2.59. The van der Waals surface area contributed by atoms with E-state index in [0.29, 0.717) is 19.4 Å². The van der Waals surface area contributed by atoms with Crippen molar-refractivity contribution in [3.8, 4) is 0 Å². The lowest BCUT2D eigenvalue weighted by Gasteiger charge is -2.27.